The molecule has 2 bridgehead atoms. The van der Waals surface area contributed by atoms with Gasteiger partial charge in [-0.05, 0) is 44.9 Å². The van der Waals surface area contributed by atoms with Gasteiger partial charge in [-0.3, -0.25) is 14.4 Å². The minimum Gasteiger partial charge on any atom is -0.395 e. The van der Waals surface area contributed by atoms with Crippen molar-refractivity contribution >= 4 is 17.7 Å². The van der Waals surface area contributed by atoms with Gasteiger partial charge in [0.2, 0.25) is 17.7 Å². The number of likely N-dealkylation sites (tertiary alicyclic amines) is 1. The van der Waals surface area contributed by atoms with E-state index in [-0.39, 0.29) is 42.4 Å². The van der Waals surface area contributed by atoms with Crippen LogP contribution in [0.4, 0.5) is 0 Å². The summed E-state index contributed by atoms with van der Waals surface area (Å²) in [6.45, 7) is 12.6. The van der Waals surface area contributed by atoms with Crippen LogP contribution < -0.4 is 10.6 Å². The molecule has 176 valence electrons. The Bertz CT molecular complexity index is 731. The van der Waals surface area contributed by atoms with Crippen molar-refractivity contribution in [3.63, 3.8) is 0 Å². The maximum absolute atomic E-state index is 13.6. The van der Waals surface area contributed by atoms with Crippen molar-refractivity contribution in [3.8, 4) is 0 Å². The Morgan fingerprint density at radius 1 is 1.23 bits per heavy atom. The van der Waals surface area contributed by atoms with Gasteiger partial charge in [-0.2, -0.15) is 0 Å². The summed E-state index contributed by atoms with van der Waals surface area (Å²) < 4.78 is 6.33. The topological polar surface area (TPSA) is 108 Å². The van der Waals surface area contributed by atoms with Gasteiger partial charge in [0.15, 0.2) is 0 Å². The van der Waals surface area contributed by atoms with Crippen LogP contribution in [0.2, 0.25) is 0 Å². The summed E-state index contributed by atoms with van der Waals surface area (Å²) in [6.07, 6.45) is 2.42. The van der Waals surface area contributed by atoms with Crippen LogP contribution in [0.5, 0.6) is 0 Å². The molecular formula is C23H39N3O5. The lowest BCUT2D eigenvalue weighted by Crippen LogP contribution is -2.59. The highest BCUT2D eigenvalue weighted by atomic mass is 16.5. The van der Waals surface area contributed by atoms with Gasteiger partial charge in [-0.15, -0.1) is 0 Å². The summed E-state index contributed by atoms with van der Waals surface area (Å²) in [5.41, 5.74) is -1.47. The molecule has 3 rings (SSSR count). The number of ether oxygens (including phenoxy) is 1. The molecule has 0 aromatic rings. The third-order valence-electron chi connectivity index (χ3n) is 6.68. The second-order valence-electron chi connectivity index (χ2n) is 11.2. The molecule has 0 aromatic heterocycles. The van der Waals surface area contributed by atoms with Crippen LogP contribution in [0, 0.1) is 17.3 Å². The lowest BCUT2D eigenvalue weighted by Gasteiger charge is -2.38. The standard InChI is InChI=1S/C23H39N3O5/c1-7-10-24-18(28)15-14-8-9-23(31-14)16(15)20(30)26(11-12-27)17(23)19(29)25-22(5,6)13-21(2,3)4/h14-17,27H,7-13H2,1-6H3,(H,24,28)(H,25,29)/t14-,15+,16+,17?,23?/m1/s1. The Kier molecular flexibility index (Phi) is 6.46. The van der Waals surface area contributed by atoms with Crippen LogP contribution in [0.3, 0.4) is 0 Å². The summed E-state index contributed by atoms with van der Waals surface area (Å²) in [5, 5.41) is 15.6. The number of carbonyl (C=O) groups excluding carboxylic acids is 3. The number of nitrogens with one attached hydrogen (secondary N) is 2. The lowest BCUT2D eigenvalue weighted by atomic mass is 9.70. The van der Waals surface area contributed by atoms with Crippen molar-refractivity contribution in [2.24, 2.45) is 17.3 Å². The molecule has 8 nitrogen and oxygen atoms in total. The molecule has 0 saturated carbocycles. The summed E-state index contributed by atoms with van der Waals surface area (Å²) in [6, 6.07) is -0.842. The smallest absolute Gasteiger partial charge is 0.246 e. The number of carbonyl (C=O) groups is 3. The highest BCUT2D eigenvalue weighted by Crippen LogP contribution is 2.58. The minimum atomic E-state index is -1.01. The SMILES string of the molecule is CCCNC(=O)[C@@H]1[C@H]2C(=O)N(CCO)C(C(=O)NC(C)(C)CC(C)(C)C)C23CC[C@H]1O3. The number of rotatable bonds is 8. The Labute approximate surface area is 185 Å². The van der Waals surface area contributed by atoms with Crippen LogP contribution in [-0.2, 0) is 19.1 Å². The highest BCUT2D eigenvalue weighted by molar-refractivity contribution is 5.99. The zero-order chi connectivity index (χ0) is 23.2. The number of β-amino-alcohol motifs (C(OH)–C–C–N with tert-alkyl or cyclic N) is 1. The number of fused-ring (bicyclic) bond motifs is 1. The largest absolute Gasteiger partial charge is 0.395 e. The van der Waals surface area contributed by atoms with E-state index in [2.05, 4.69) is 31.4 Å². The van der Waals surface area contributed by atoms with Gasteiger partial charge in [0.05, 0.1) is 24.5 Å². The van der Waals surface area contributed by atoms with Gasteiger partial charge >= 0.3 is 0 Å². The van der Waals surface area contributed by atoms with E-state index in [9.17, 15) is 19.5 Å². The molecule has 31 heavy (non-hydrogen) atoms. The van der Waals surface area contributed by atoms with Crippen LogP contribution in [-0.4, -0.2) is 70.7 Å². The lowest BCUT2D eigenvalue weighted by molar-refractivity contribution is -0.143. The predicted molar refractivity (Wildman–Crippen MR) is 116 cm³/mol. The maximum Gasteiger partial charge on any atom is 0.246 e. The quantitative estimate of drug-likeness (QED) is 0.529. The highest BCUT2D eigenvalue weighted by Gasteiger charge is 2.74. The van der Waals surface area contributed by atoms with E-state index in [1.54, 1.807) is 0 Å². The molecule has 8 heteroatoms. The first kappa shape index (κ1) is 24.0. The molecule has 3 heterocycles. The summed E-state index contributed by atoms with van der Waals surface area (Å²) in [5.74, 6) is -1.98. The number of hydrogen-bond acceptors (Lipinski definition) is 5. The van der Waals surface area contributed by atoms with Crippen molar-refractivity contribution in [3.05, 3.63) is 0 Å². The van der Waals surface area contributed by atoms with Gasteiger partial charge in [-0.25, -0.2) is 0 Å². The van der Waals surface area contributed by atoms with E-state index in [1.165, 1.54) is 4.90 Å². The average Bonchev–Trinajstić information content (AvgIpc) is 3.25. The van der Waals surface area contributed by atoms with E-state index in [4.69, 9.17) is 4.74 Å². The van der Waals surface area contributed by atoms with Gasteiger partial charge in [0.25, 0.3) is 0 Å². The van der Waals surface area contributed by atoms with Crippen molar-refractivity contribution < 1.29 is 24.2 Å². The molecule has 1 spiro atoms. The predicted octanol–water partition coefficient (Wildman–Crippen LogP) is 1.21. The Hall–Kier alpha value is -1.67. The van der Waals surface area contributed by atoms with E-state index in [1.807, 2.05) is 20.8 Å². The van der Waals surface area contributed by atoms with E-state index < -0.39 is 29.0 Å². The van der Waals surface area contributed by atoms with Gasteiger partial charge in [-0.1, -0.05) is 27.7 Å². The molecule has 3 saturated heterocycles. The number of nitrogens with zero attached hydrogens (tertiary/aromatic N) is 1. The van der Waals surface area contributed by atoms with E-state index in [0.29, 0.717) is 19.4 Å². The van der Waals surface area contributed by atoms with Crippen molar-refractivity contribution in [1.82, 2.24) is 15.5 Å². The minimum absolute atomic E-state index is 0.0126. The summed E-state index contributed by atoms with van der Waals surface area (Å²) >= 11 is 0. The monoisotopic (exact) mass is 437 g/mol. The molecule has 0 aliphatic carbocycles. The van der Waals surface area contributed by atoms with E-state index >= 15 is 0 Å². The number of aliphatic hydroxyl groups excluding tert-OH is 1. The third-order valence-corrected chi connectivity index (χ3v) is 6.68. The number of hydrogen-bond donors (Lipinski definition) is 3. The molecule has 3 aliphatic rings. The fourth-order valence-corrected chi connectivity index (χ4v) is 6.24. The van der Waals surface area contributed by atoms with Crippen LogP contribution in [0.15, 0.2) is 0 Å². The van der Waals surface area contributed by atoms with Gasteiger partial charge in [0, 0.05) is 18.6 Å². The summed E-state index contributed by atoms with van der Waals surface area (Å²) in [4.78, 5) is 41.4. The first-order chi connectivity index (χ1) is 14.4. The molecule has 0 aromatic carbocycles. The van der Waals surface area contributed by atoms with Crippen molar-refractivity contribution in [2.75, 3.05) is 19.7 Å². The Morgan fingerprint density at radius 2 is 1.90 bits per heavy atom. The van der Waals surface area contributed by atoms with Crippen LogP contribution >= 0.6 is 0 Å². The van der Waals surface area contributed by atoms with Gasteiger partial charge in [0.1, 0.15) is 11.6 Å². The zero-order valence-corrected chi connectivity index (χ0v) is 19.8. The fourth-order valence-electron chi connectivity index (χ4n) is 6.24. The number of aliphatic hydroxyl groups is 1. The van der Waals surface area contributed by atoms with E-state index in [0.717, 1.165) is 12.8 Å². The first-order valence-electron chi connectivity index (χ1n) is 11.6. The molecule has 3 N–H and O–H groups in total. The fraction of sp³-hybridized carbons (Fsp3) is 0.870. The molecule has 3 amide bonds. The molecule has 0 radical (unpaired) electrons. The van der Waals surface area contributed by atoms with Crippen molar-refractivity contribution in [2.45, 2.75) is 90.5 Å². The van der Waals surface area contributed by atoms with Crippen molar-refractivity contribution in [1.29, 1.82) is 0 Å². The Morgan fingerprint density at radius 3 is 2.48 bits per heavy atom. The summed E-state index contributed by atoms with van der Waals surface area (Å²) in [7, 11) is 0. The van der Waals surface area contributed by atoms with Gasteiger partial charge < -0.3 is 25.4 Å². The molecule has 3 aliphatic heterocycles. The molecule has 5 atom stereocenters. The average molecular weight is 438 g/mol. The first-order valence-corrected chi connectivity index (χ1v) is 11.6. The maximum atomic E-state index is 13.6. The molecule has 3 fully saturated rings. The normalized spacial score (nSPS) is 32.4. The second-order valence-corrected chi connectivity index (χ2v) is 11.2. The zero-order valence-electron chi connectivity index (χ0n) is 19.8. The second kappa shape index (κ2) is 8.35. The van der Waals surface area contributed by atoms with Crippen LogP contribution in [0.25, 0.3) is 0 Å². The Balaban J connectivity index is 1.90. The number of amides is 3. The van der Waals surface area contributed by atoms with Crippen LogP contribution in [0.1, 0.15) is 67.2 Å². The third kappa shape index (κ3) is 4.33. The molecular weight excluding hydrogens is 398 g/mol. The molecule has 2 unspecified atom stereocenters.